The number of aryl methyl sites for hydroxylation is 1. The summed E-state index contributed by atoms with van der Waals surface area (Å²) >= 11 is 1.43. The van der Waals surface area contributed by atoms with Gasteiger partial charge in [-0.3, -0.25) is 0 Å². The molecular formula is C11H12FN5OS. The van der Waals surface area contributed by atoms with E-state index in [0.717, 1.165) is 10.7 Å². The van der Waals surface area contributed by atoms with E-state index < -0.39 is 5.82 Å². The summed E-state index contributed by atoms with van der Waals surface area (Å²) in [5.41, 5.74) is 6.66. The Morgan fingerprint density at radius 3 is 3.00 bits per heavy atom. The van der Waals surface area contributed by atoms with Gasteiger partial charge in [0.1, 0.15) is 12.1 Å². The average Bonchev–Trinajstić information content (AvgIpc) is 2.82. The third kappa shape index (κ3) is 3.02. The highest BCUT2D eigenvalue weighted by Crippen LogP contribution is 2.22. The van der Waals surface area contributed by atoms with Gasteiger partial charge < -0.3 is 10.9 Å². The van der Waals surface area contributed by atoms with Crippen molar-refractivity contribution in [3.8, 4) is 0 Å². The van der Waals surface area contributed by atoms with Crippen molar-refractivity contribution in [1.82, 2.24) is 14.8 Å². The van der Waals surface area contributed by atoms with Gasteiger partial charge in [0.2, 0.25) is 0 Å². The third-order valence-corrected chi connectivity index (χ3v) is 3.57. The second kappa shape index (κ2) is 5.70. The zero-order valence-corrected chi connectivity index (χ0v) is 10.9. The van der Waals surface area contributed by atoms with Crippen LogP contribution in [0.3, 0.4) is 0 Å². The van der Waals surface area contributed by atoms with Crippen LogP contribution in [0.2, 0.25) is 0 Å². The van der Waals surface area contributed by atoms with E-state index in [1.807, 2.05) is 0 Å². The normalized spacial score (nSPS) is 11.8. The zero-order chi connectivity index (χ0) is 13.8. The highest BCUT2D eigenvalue weighted by Gasteiger charge is 2.10. The fraction of sp³-hybridized carbons (Fsp3) is 0.182. The summed E-state index contributed by atoms with van der Waals surface area (Å²) < 4.78 is 14.8. The number of oxime groups is 1. The third-order valence-electron chi connectivity index (χ3n) is 2.48. The average molecular weight is 281 g/mol. The molecule has 0 saturated carbocycles. The minimum Gasteiger partial charge on any atom is -0.409 e. The smallest absolute Gasteiger partial charge is 0.186 e. The van der Waals surface area contributed by atoms with Gasteiger partial charge in [-0.05, 0) is 17.7 Å². The molecule has 6 nitrogen and oxygen atoms in total. The lowest BCUT2D eigenvalue weighted by atomic mass is 10.1. The molecule has 1 heterocycles. The summed E-state index contributed by atoms with van der Waals surface area (Å²) in [7, 11) is 1.78. The predicted octanol–water partition coefficient (Wildman–Crippen LogP) is 1.34. The molecule has 0 aliphatic heterocycles. The molecule has 19 heavy (non-hydrogen) atoms. The number of hydrogen-bond acceptors (Lipinski definition) is 5. The molecule has 2 rings (SSSR count). The molecule has 8 heteroatoms. The minimum atomic E-state index is -0.436. The molecule has 0 atom stereocenters. The summed E-state index contributed by atoms with van der Waals surface area (Å²) in [6, 6.07) is 4.18. The van der Waals surface area contributed by atoms with Crippen LogP contribution >= 0.6 is 11.8 Å². The maximum Gasteiger partial charge on any atom is 0.186 e. The fourth-order valence-corrected chi connectivity index (χ4v) is 2.42. The van der Waals surface area contributed by atoms with Gasteiger partial charge in [-0.15, -0.1) is 0 Å². The first-order valence-electron chi connectivity index (χ1n) is 5.35. The summed E-state index contributed by atoms with van der Waals surface area (Å²) in [5, 5.41) is 16.3. The van der Waals surface area contributed by atoms with Crippen molar-refractivity contribution in [2.75, 3.05) is 0 Å². The number of thioether (sulfide) groups is 1. The second-order valence-corrected chi connectivity index (χ2v) is 4.68. The zero-order valence-electron chi connectivity index (χ0n) is 10.1. The van der Waals surface area contributed by atoms with E-state index in [-0.39, 0.29) is 5.84 Å². The molecule has 0 saturated heterocycles. The van der Waals surface area contributed by atoms with Gasteiger partial charge in [-0.25, -0.2) is 14.1 Å². The van der Waals surface area contributed by atoms with E-state index in [1.54, 1.807) is 17.8 Å². The van der Waals surface area contributed by atoms with Gasteiger partial charge in [-0.1, -0.05) is 23.0 Å². The summed E-state index contributed by atoms with van der Waals surface area (Å²) in [6.07, 6.45) is 1.46. The van der Waals surface area contributed by atoms with Crippen LogP contribution in [0.15, 0.2) is 34.8 Å². The minimum absolute atomic E-state index is 0.118. The Labute approximate surface area is 113 Å². The van der Waals surface area contributed by atoms with E-state index in [4.69, 9.17) is 10.9 Å². The van der Waals surface area contributed by atoms with Gasteiger partial charge in [0, 0.05) is 18.4 Å². The number of hydrogen-bond donors (Lipinski definition) is 2. The van der Waals surface area contributed by atoms with E-state index in [1.165, 1.54) is 30.2 Å². The molecule has 2 aromatic rings. The van der Waals surface area contributed by atoms with Crippen molar-refractivity contribution >= 4 is 17.6 Å². The number of halogens is 1. The largest absolute Gasteiger partial charge is 0.409 e. The monoisotopic (exact) mass is 281 g/mol. The highest BCUT2D eigenvalue weighted by atomic mass is 32.2. The molecule has 1 aromatic heterocycles. The maximum atomic E-state index is 13.2. The van der Waals surface area contributed by atoms with Crippen molar-refractivity contribution in [3.63, 3.8) is 0 Å². The fourth-order valence-electron chi connectivity index (χ4n) is 1.53. The number of amidine groups is 1. The van der Waals surface area contributed by atoms with Crippen molar-refractivity contribution < 1.29 is 9.60 Å². The number of benzene rings is 1. The summed E-state index contributed by atoms with van der Waals surface area (Å²) in [5.74, 6) is -0.0414. The Hall–Kier alpha value is -2.09. The number of nitrogens with two attached hydrogens (primary N) is 1. The number of rotatable bonds is 4. The lowest BCUT2D eigenvalue weighted by Crippen LogP contribution is -2.15. The molecule has 0 spiro atoms. The molecule has 0 unspecified atom stereocenters. The van der Waals surface area contributed by atoms with Crippen molar-refractivity contribution in [3.05, 3.63) is 41.5 Å². The molecule has 0 aliphatic rings. The number of aromatic nitrogens is 3. The first-order valence-corrected chi connectivity index (χ1v) is 6.33. The molecule has 1 aromatic carbocycles. The SMILES string of the molecule is Cn1ncnc1SCc1ccc(F)cc1/C(N)=N/O. The number of nitrogens with zero attached hydrogens (tertiary/aromatic N) is 4. The van der Waals surface area contributed by atoms with Gasteiger partial charge >= 0.3 is 0 Å². The molecule has 0 bridgehead atoms. The molecule has 100 valence electrons. The highest BCUT2D eigenvalue weighted by molar-refractivity contribution is 7.98. The van der Waals surface area contributed by atoms with Gasteiger partial charge in [0.15, 0.2) is 11.0 Å². The van der Waals surface area contributed by atoms with E-state index in [9.17, 15) is 4.39 Å². The van der Waals surface area contributed by atoms with Gasteiger partial charge in [-0.2, -0.15) is 5.10 Å². The van der Waals surface area contributed by atoms with Crippen molar-refractivity contribution in [2.24, 2.45) is 17.9 Å². The molecule has 0 fully saturated rings. The standard InChI is InChI=1S/C11H12FN5OS/c1-17-11(14-6-15-17)19-5-7-2-3-8(12)4-9(7)10(13)16-18/h2-4,6,18H,5H2,1H3,(H2,13,16). The van der Waals surface area contributed by atoms with Crippen LogP contribution < -0.4 is 5.73 Å². The molecule has 0 amide bonds. The van der Waals surface area contributed by atoms with Crippen LogP contribution in [-0.2, 0) is 12.8 Å². The van der Waals surface area contributed by atoms with E-state index >= 15 is 0 Å². The Morgan fingerprint density at radius 1 is 1.58 bits per heavy atom. The second-order valence-electron chi connectivity index (χ2n) is 3.74. The van der Waals surface area contributed by atoms with E-state index in [2.05, 4.69) is 15.2 Å². The first-order chi connectivity index (χ1) is 9.11. The van der Waals surface area contributed by atoms with Crippen molar-refractivity contribution in [2.45, 2.75) is 10.9 Å². The quantitative estimate of drug-likeness (QED) is 0.290. The lowest BCUT2D eigenvalue weighted by Gasteiger charge is -2.07. The topological polar surface area (TPSA) is 89.3 Å². The Bertz CT molecular complexity index is 613. The molecular weight excluding hydrogens is 269 g/mol. The van der Waals surface area contributed by atoms with Crippen LogP contribution in [0.25, 0.3) is 0 Å². The van der Waals surface area contributed by atoms with Crippen LogP contribution in [0.4, 0.5) is 4.39 Å². The molecule has 0 radical (unpaired) electrons. The summed E-state index contributed by atoms with van der Waals surface area (Å²) in [6.45, 7) is 0. The van der Waals surface area contributed by atoms with Gasteiger partial charge in [0.25, 0.3) is 0 Å². The molecule has 0 aliphatic carbocycles. The maximum absolute atomic E-state index is 13.2. The predicted molar refractivity (Wildman–Crippen MR) is 69.5 cm³/mol. The van der Waals surface area contributed by atoms with Crippen LogP contribution in [0.1, 0.15) is 11.1 Å². The van der Waals surface area contributed by atoms with Crippen molar-refractivity contribution in [1.29, 1.82) is 0 Å². The van der Waals surface area contributed by atoms with Crippen LogP contribution in [0, 0.1) is 5.82 Å². The van der Waals surface area contributed by atoms with E-state index in [0.29, 0.717) is 11.3 Å². The van der Waals surface area contributed by atoms with Crippen LogP contribution in [0.5, 0.6) is 0 Å². The molecule has 3 N–H and O–H groups in total. The summed E-state index contributed by atoms with van der Waals surface area (Å²) in [4.78, 5) is 4.07. The Morgan fingerprint density at radius 2 is 2.37 bits per heavy atom. The Balaban J connectivity index is 2.23. The lowest BCUT2D eigenvalue weighted by molar-refractivity contribution is 0.318. The first kappa shape index (κ1) is 13.3. The van der Waals surface area contributed by atoms with Gasteiger partial charge in [0.05, 0.1) is 0 Å². The Kier molecular flexibility index (Phi) is 4.00. The van der Waals surface area contributed by atoms with Crippen LogP contribution in [-0.4, -0.2) is 25.8 Å².